The summed E-state index contributed by atoms with van der Waals surface area (Å²) in [6.07, 6.45) is 3.60. The van der Waals surface area contributed by atoms with Crippen LogP contribution in [0.3, 0.4) is 0 Å². The number of hydrogen-bond donors (Lipinski definition) is 2. The summed E-state index contributed by atoms with van der Waals surface area (Å²) in [5.41, 5.74) is 2.17. The average Bonchev–Trinajstić information content (AvgIpc) is 2.34. The average molecular weight is 360 g/mol. The van der Waals surface area contributed by atoms with E-state index in [1.807, 2.05) is 26.0 Å². The molecule has 100 valence electrons. The summed E-state index contributed by atoms with van der Waals surface area (Å²) in [4.78, 5) is 8.77. The Bertz CT molecular complexity index is 390. The molecule has 0 aliphatic rings. The second kappa shape index (κ2) is 9.87. The topological polar surface area (TPSA) is 49.3 Å². The summed E-state index contributed by atoms with van der Waals surface area (Å²) < 4.78 is 0. The molecular weight excluding hydrogens is 339 g/mol. The van der Waals surface area contributed by atoms with E-state index in [4.69, 9.17) is 0 Å². The molecule has 2 N–H and O–H groups in total. The van der Waals surface area contributed by atoms with E-state index >= 15 is 0 Å². The maximum atomic E-state index is 4.47. The van der Waals surface area contributed by atoms with Gasteiger partial charge in [-0.2, -0.15) is 0 Å². The third-order valence-corrected chi connectivity index (χ3v) is 2.26. The summed E-state index contributed by atoms with van der Waals surface area (Å²) >= 11 is 0. The van der Waals surface area contributed by atoms with E-state index in [2.05, 4.69) is 27.2 Å². The van der Waals surface area contributed by atoms with Crippen LogP contribution in [0, 0.1) is 6.92 Å². The number of rotatable bonds is 5. The summed E-state index contributed by atoms with van der Waals surface area (Å²) in [6, 6.07) is 3.98. The molecule has 0 saturated carbocycles. The molecule has 0 aromatic carbocycles. The van der Waals surface area contributed by atoms with Crippen LogP contribution in [0.1, 0.15) is 18.2 Å². The Hall–Kier alpha value is -1.11. The van der Waals surface area contributed by atoms with Crippen LogP contribution in [0.25, 0.3) is 0 Å². The van der Waals surface area contributed by atoms with Gasteiger partial charge in [-0.25, -0.2) is 4.99 Å². The molecule has 1 aromatic heterocycles. The Morgan fingerprint density at radius 1 is 1.50 bits per heavy atom. The van der Waals surface area contributed by atoms with E-state index in [1.54, 1.807) is 12.3 Å². The number of halogens is 1. The van der Waals surface area contributed by atoms with Crippen molar-refractivity contribution >= 4 is 29.9 Å². The Labute approximate surface area is 126 Å². The van der Waals surface area contributed by atoms with Crippen LogP contribution >= 0.6 is 24.0 Å². The van der Waals surface area contributed by atoms with Crippen LogP contribution in [0.4, 0.5) is 0 Å². The molecule has 1 aromatic rings. The summed E-state index contributed by atoms with van der Waals surface area (Å²) in [5.74, 6) is 0.789. The first-order valence-corrected chi connectivity index (χ1v) is 5.81. The van der Waals surface area contributed by atoms with E-state index in [-0.39, 0.29) is 24.0 Å². The third-order valence-electron chi connectivity index (χ3n) is 2.26. The number of nitrogens with zero attached hydrogens (tertiary/aromatic N) is 2. The first kappa shape index (κ1) is 16.9. The number of hydrogen-bond acceptors (Lipinski definition) is 2. The zero-order chi connectivity index (χ0) is 12.5. The highest BCUT2D eigenvalue weighted by Crippen LogP contribution is 2.03. The smallest absolute Gasteiger partial charge is 0.191 e. The van der Waals surface area contributed by atoms with Crippen LogP contribution in [-0.2, 0) is 6.54 Å². The highest BCUT2D eigenvalue weighted by molar-refractivity contribution is 14.0. The van der Waals surface area contributed by atoms with Crippen molar-refractivity contribution in [2.24, 2.45) is 4.99 Å². The van der Waals surface area contributed by atoms with E-state index in [0.717, 1.165) is 23.8 Å². The van der Waals surface area contributed by atoms with Gasteiger partial charge in [-0.1, -0.05) is 12.1 Å². The van der Waals surface area contributed by atoms with Crippen LogP contribution < -0.4 is 10.6 Å². The highest BCUT2D eigenvalue weighted by Gasteiger charge is 1.99. The van der Waals surface area contributed by atoms with Gasteiger partial charge in [0.1, 0.15) is 0 Å². The molecule has 0 bridgehead atoms. The Morgan fingerprint density at radius 2 is 2.28 bits per heavy atom. The molecule has 4 nitrogen and oxygen atoms in total. The Balaban J connectivity index is 0.00000289. The van der Waals surface area contributed by atoms with Gasteiger partial charge in [-0.15, -0.1) is 30.6 Å². The Kier molecular flexibility index (Phi) is 9.26. The van der Waals surface area contributed by atoms with Crippen molar-refractivity contribution in [3.05, 3.63) is 42.2 Å². The fourth-order valence-electron chi connectivity index (χ4n) is 1.35. The summed E-state index contributed by atoms with van der Waals surface area (Å²) in [6.45, 7) is 9.87. The molecule has 0 radical (unpaired) electrons. The molecule has 0 aliphatic carbocycles. The van der Waals surface area contributed by atoms with Gasteiger partial charge >= 0.3 is 0 Å². The van der Waals surface area contributed by atoms with Crippen molar-refractivity contribution < 1.29 is 0 Å². The molecule has 1 heterocycles. The molecule has 0 unspecified atom stereocenters. The molecule has 0 aliphatic heterocycles. The largest absolute Gasteiger partial charge is 0.357 e. The first-order valence-electron chi connectivity index (χ1n) is 5.81. The van der Waals surface area contributed by atoms with E-state index < -0.39 is 0 Å². The number of guanidine groups is 1. The summed E-state index contributed by atoms with van der Waals surface area (Å²) in [7, 11) is 0. The van der Waals surface area contributed by atoms with Crippen molar-refractivity contribution in [2.45, 2.75) is 20.4 Å². The number of aromatic nitrogens is 1. The maximum Gasteiger partial charge on any atom is 0.191 e. The third kappa shape index (κ3) is 6.00. The number of pyridine rings is 1. The van der Waals surface area contributed by atoms with Gasteiger partial charge in [0.2, 0.25) is 0 Å². The fourth-order valence-corrected chi connectivity index (χ4v) is 1.35. The standard InChI is InChI=1S/C13H20N4.HI/c1-4-8-16-13(14-5-2)17-10-12-11(3)7-6-9-15-12;/h4,6-7,9H,1,5,8,10H2,2-3H3,(H2,14,16,17);1H. The lowest BCUT2D eigenvalue weighted by molar-refractivity contribution is 0.850. The maximum absolute atomic E-state index is 4.47. The van der Waals surface area contributed by atoms with Gasteiger partial charge in [-0.05, 0) is 25.5 Å². The van der Waals surface area contributed by atoms with Crippen molar-refractivity contribution in [3.63, 3.8) is 0 Å². The first-order chi connectivity index (χ1) is 8.27. The minimum absolute atomic E-state index is 0. The zero-order valence-electron chi connectivity index (χ0n) is 10.9. The number of aryl methyl sites for hydroxylation is 1. The molecule has 18 heavy (non-hydrogen) atoms. The molecule has 0 fully saturated rings. The van der Waals surface area contributed by atoms with Gasteiger partial charge in [0.15, 0.2) is 5.96 Å². The predicted octanol–water partition coefficient (Wildman–Crippen LogP) is 2.25. The van der Waals surface area contributed by atoms with Crippen molar-refractivity contribution in [2.75, 3.05) is 13.1 Å². The van der Waals surface area contributed by atoms with Crippen LogP contribution in [0.2, 0.25) is 0 Å². The Morgan fingerprint density at radius 3 is 2.89 bits per heavy atom. The molecule has 0 spiro atoms. The van der Waals surface area contributed by atoms with Crippen LogP contribution in [-0.4, -0.2) is 24.0 Å². The van der Waals surface area contributed by atoms with Gasteiger partial charge in [0, 0.05) is 19.3 Å². The lowest BCUT2D eigenvalue weighted by Gasteiger charge is -2.09. The number of aliphatic imine (C=N–C) groups is 1. The number of nitrogens with one attached hydrogen (secondary N) is 2. The molecule has 0 amide bonds. The fraction of sp³-hybridized carbons (Fsp3) is 0.385. The molecule has 0 saturated heterocycles. The minimum Gasteiger partial charge on any atom is -0.357 e. The molecule has 1 rings (SSSR count). The van der Waals surface area contributed by atoms with Gasteiger partial charge in [-0.3, -0.25) is 4.98 Å². The predicted molar refractivity (Wildman–Crippen MR) is 87.4 cm³/mol. The van der Waals surface area contributed by atoms with Crippen molar-refractivity contribution in [1.82, 2.24) is 15.6 Å². The van der Waals surface area contributed by atoms with Crippen LogP contribution in [0.5, 0.6) is 0 Å². The summed E-state index contributed by atoms with van der Waals surface area (Å²) in [5, 5.41) is 6.32. The van der Waals surface area contributed by atoms with Gasteiger partial charge in [0.25, 0.3) is 0 Å². The lowest BCUT2D eigenvalue weighted by atomic mass is 10.2. The molecule has 5 heteroatoms. The second-order valence-electron chi connectivity index (χ2n) is 3.63. The van der Waals surface area contributed by atoms with Gasteiger partial charge < -0.3 is 10.6 Å². The molecule has 0 atom stereocenters. The quantitative estimate of drug-likeness (QED) is 0.367. The van der Waals surface area contributed by atoms with Crippen molar-refractivity contribution in [3.8, 4) is 0 Å². The molecular formula is C13H21IN4. The van der Waals surface area contributed by atoms with Crippen LogP contribution in [0.15, 0.2) is 36.0 Å². The van der Waals surface area contributed by atoms with E-state index in [9.17, 15) is 0 Å². The van der Waals surface area contributed by atoms with Gasteiger partial charge in [0.05, 0.1) is 12.2 Å². The minimum atomic E-state index is 0. The SMILES string of the molecule is C=CCNC(=NCc1ncccc1C)NCC.I. The lowest BCUT2D eigenvalue weighted by Crippen LogP contribution is -2.37. The second-order valence-corrected chi connectivity index (χ2v) is 3.63. The highest BCUT2D eigenvalue weighted by atomic mass is 127. The van der Waals surface area contributed by atoms with E-state index in [1.165, 1.54) is 0 Å². The van der Waals surface area contributed by atoms with E-state index in [0.29, 0.717) is 13.1 Å². The normalized spacial score (nSPS) is 10.4. The monoisotopic (exact) mass is 360 g/mol. The van der Waals surface area contributed by atoms with Crippen molar-refractivity contribution in [1.29, 1.82) is 0 Å². The zero-order valence-corrected chi connectivity index (χ0v) is 13.3.